The molecule has 0 bridgehead atoms. The Labute approximate surface area is 131 Å². The van der Waals surface area contributed by atoms with Crippen LogP contribution in [0.1, 0.15) is 51.0 Å². The fourth-order valence-corrected chi connectivity index (χ4v) is 3.30. The van der Waals surface area contributed by atoms with Crippen molar-refractivity contribution >= 4 is 22.0 Å². The summed E-state index contributed by atoms with van der Waals surface area (Å²) >= 11 is 3.50. The third kappa shape index (κ3) is 5.02. The summed E-state index contributed by atoms with van der Waals surface area (Å²) in [5.41, 5.74) is 2.76. The van der Waals surface area contributed by atoms with Crippen LogP contribution in [0.4, 0.5) is 0 Å². The van der Waals surface area contributed by atoms with E-state index >= 15 is 0 Å². The Kier molecular flexibility index (Phi) is 6.74. The van der Waals surface area contributed by atoms with Crippen molar-refractivity contribution in [2.45, 2.75) is 45.4 Å². The Balaban J connectivity index is 2.11. The Hall–Kier alpha value is -0.670. The third-order valence-corrected chi connectivity index (χ3v) is 4.40. The van der Waals surface area contributed by atoms with Crippen LogP contribution in [0.2, 0.25) is 0 Å². The average molecular weight is 337 g/mol. The highest BCUT2D eigenvalue weighted by Crippen LogP contribution is 2.30. The van der Waals surface area contributed by atoms with E-state index in [-0.39, 0.29) is 0 Å². The van der Waals surface area contributed by atoms with Crippen molar-refractivity contribution < 1.29 is 0 Å². The van der Waals surface area contributed by atoms with Gasteiger partial charge in [-0.05, 0) is 59.3 Å². The predicted octanol–water partition coefficient (Wildman–Crippen LogP) is 4.81. The number of halogens is 1. The second kappa shape index (κ2) is 8.58. The fraction of sp³-hybridized carbons (Fsp3) is 0.588. The van der Waals surface area contributed by atoms with Crippen LogP contribution in [0, 0.1) is 5.92 Å². The molecule has 2 nitrogen and oxygen atoms in total. The molecular weight excluding hydrogens is 312 g/mol. The molecule has 0 unspecified atom stereocenters. The number of rotatable bonds is 6. The number of hydrogen-bond acceptors (Lipinski definition) is 2. The molecule has 0 amide bonds. The van der Waals surface area contributed by atoms with E-state index in [0.717, 1.165) is 23.5 Å². The van der Waals surface area contributed by atoms with E-state index in [1.807, 2.05) is 12.4 Å². The minimum absolute atomic E-state index is 0.757. The Bertz CT molecular complexity index is 436. The zero-order chi connectivity index (χ0) is 14.2. The minimum Gasteiger partial charge on any atom is -0.313 e. The van der Waals surface area contributed by atoms with E-state index in [9.17, 15) is 0 Å². The van der Waals surface area contributed by atoms with Crippen LogP contribution in [0.3, 0.4) is 0 Å². The standard InChI is InChI=1S/C17H25BrN2/c1-2-8-19-12-16(15-6-4-3-5-7-15)9-14-10-17(18)13-20-11-14/h9-11,13,15,19H,2-8,12H2,1H3/b16-9-. The van der Waals surface area contributed by atoms with E-state index in [0.29, 0.717) is 0 Å². The molecule has 1 heterocycles. The molecule has 1 aliphatic carbocycles. The molecular formula is C17H25BrN2. The van der Waals surface area contributed by atoms with Gasteiger partial charge in [-0.2, -0.15) is 0 Å². The molecule has 2 rings (SSSR count). The first-order valence-electron chi connectivity index (χ1n) is 7.81. The molecule has 0 atom stereocenters. The summed E-state index contributed by atoms with van der Waals surface area (Å²) in [6.07, 6.45) is 14.2. The molecule has 0 radical (unpaired) electrons. The summed E-state index contributed by atoms with van der Waals surface area (Å²) in [7, 11) is 0. The van der Waals surface area contributed by atoms with Gasteiger partial charge >= 0.3 is 0 Å². The highest BCUT2D eigenvalue weighted by molar-refractivity contribution is 9.10. The van der Waals surface area contributed by atoms with E-state index in [1.165, 1.54) is 44.1 Å². The van der Waals surface area contributed by atoms with Crippen molar-refractivity contribution in [3.8, 4) is 0 Å². The highest BCUT2D eigenvalue weighted by Gasteiger charge is 2.17. The second-order valence-corrected chi connectivity index (χ2v) is 6.58. The van der Waals surface area contributed by atoms with Gasteiger partial charge in [-0.15, -0.1) is 0 Å². The first kappa shape index (κ1) is 15.7. The van der Waals surface area contributed by atoms with E-state index < -0.39 is 0 Å². The minimum atomic E-state index is 0.757. The second-order valence-electron chi connectivity index (χ2n) is 5.67. The molecule has 110 valence electrons. The van der Waals surface area contributed by atoms with Crippen molar-refractivity contribution in [3.63, 3.8) is 0 Å². The molecule has 20 heavy (non-hydrogen) atoms. The smallest absolute Gasteiger partial charge is 0.0410 e. The number of nitrogens with one attached hydrogen (secondary N) is 1. The van der Waals surface area contributed by atoms with Gasteiger partial charge in [-0.3, -0.25) is 4.98 Å². The van der Waals surface area contributed by atoms with Gasteiger partial charge in [-0.1, -0.05) is 37.8 Å². The highest BCUT2D eigenvalue weighted by atomic mass is 79.9. The summed E-state index contributed by atoms with van der Waals surface area (Å²) in [4.78, 5) is 4.27. The van der Waals surface area contributed by atoms with E-state index in [4.69, 9.17) is 0 Å². The lowest BCUT2D eigenvalue weighted by Crippen LogP contribution is -2.23. The van der Waals surface area contributed by atoms with Crippen LogP contribution in [0.5, 0.6) is 0 Å². The van der Waals surface area contributed by atoms with Crippen molar-refractivity contribution in [2.75, 3.05) is 13.1 Å². The Morgan fingerprint density at radius 3 is 2.85 bits per heavy atom. The average Bonchev–Trinajstić information content (AvgIpc) is 2.47. The summed E-state index contributed by atoms with van der Waals surface area (Å²) in [6, 6.07) is 2.15. The quantitative estimate of drug-likeness (QED) is 0.754. The van der Waals surface area contributed by atoms with Crippen molar-refractivity contribution in [1.29, 1.82) is 0 Å². The molecule has 0 spiro atoms. The van der Waals surface area contributed by atoms with Gasteiger partial charge in [0.05, 0.1) is 0 Å². The molecule has 1 aliphatic rings. The number of pyridine rings is 1. The molecule has 1 fully saturated rings. The van der Waals surface area contributed by atoms with Crippen LogP contribution in [-0.2, 0) is 0 Å². The van der Waals surface area contributed by atoms with Gasteiger partial charge in [0.15, 0.2) is 0 Å². The maximum atomic E-state index is 4.27. The van der Waals surface area contributed by atoms with Crippen molar-refractivity contribution in [3.05, 3.63) is 34.1 Å². The van der Waals surface area contributed by atoms with Gasteiger partial charge in [-0.25, -0.2) is 0 Å². The maximum absolute atomic E-state index is 4.27. The van der Waals surface area contributed by atoms with Crippen LogP contribution < -0.4 is 5.32 Å². The van der Waals surface area contributed by atoms with Crippen LogP contribution in [0.15, 0.2) is 28.5 Å². The molecule has 1 N–H and O–H groups in total. The largest absolute Gasteiger partial charge is 0.313 e. The molecule has 1 saturated carbocycles. The number of aromatic nitrogens is 1. The third-order valence-electron chi connectivity index (χ3n) is 3.96. The Morgan fingerprint density at radius 2 is 2.15 bits per heavy atom. The van der Waals surface area contributed by atoms with Crippen LogP contribution in [-0.4, -0.2) is 18.1 Å². The van der Waals surface area contributed by atoms with Crippen LogP contribution in [0.25, 0.3) is 6.08 Å². The lowest BCUT2D eigenvalue weighted by Gasteiger charge is -2.25. The SMILES string of the molecule is CCCNC/C(=C/c1cncc(Br)c1)C1CCCCC1. The van der Waals surface area contributed by atoms with Gasteiger partial charge in [0.1, 0.15) is 0 Å². The van der Waals surface area contributed by atoms with Gasteiger partial charge < -0.3 is 5.32 Å². The molecule has 0 saturated heterocycles. The zero-order valence-corrected chi connectivity index (χ0v) is 14.0. The van der Waals surface area contributed by atoms with Gasteiger partial charge in [0, 0.05) is 23.4 Å². The van der Waals surface area contributed by atoms with Crippen molar-refractivity contribution in [2.24, 2.45) is 5.92 Å². The molecule has 0 aromatic carbocycles. The summed E-state index contributed by atoms with van der Waals surface area (Å²) < 4.78 is 1.05. The summed E-state index contributed by atoms with van der Waals surface area (Å²) in [6.45, 7) is 4.33. The first-order valence-corrected chi connectivity index (χ1v) is 8.60. The van der Waals surface area contributed by atoms with E-state index in [1.54, 1.807) is 5.57 Å². The van der Waals surface area contributed by atoms with E-state index in [2.05, 4.69) is 45.3 Å². The number of nitrogens with zero attached hydrogens (tertiary/aromatic N) is 1. The first-order chi connectivity index (χ1) is 9.79. The Morgan fingerprint density at radius 1 is 1.35 bits per heavy atom. The predicted molar refractivity (Wildman–Crippen MR) is 89.6 cm³/mol. The van der Waals surface area contributed by atoms with Gasteiger partial charge in [0.2, 0.25) is 0 Å². The molecule has 1 aromatic rings. The summed E-state index contributed by atoms with van der Waals surface area (Å²) in [5, 5.41) is 3.57. The topological polar surface area (TPSA) is 24.9 Å². The van der Waals surface area contributed by atoms with Gasteiger partial charge in [0.25, 0.3) is 0 Å². The zero-order valence-electron chi connectivity index (χ0n) is 12.4. The monoisotopic (exact) mass is 336 g/mol. The molecule has 0 aliphatic heterocycles. The van der Waals surface area contributed by atoms with Crippen molar-refractivity contribution in [1.82, 2.24) is 10.3 Å². The molecule has 1 aromatic heterocycles. The normalized spacial score (nSPS) is 17.4. The fourth-order valence-electron chi connectivity index (χ4n) is 2.92. The lowest BCUT2D eigenvalue weighted by molar-refractivity contribution is 0.396. The maximum Gasteiger partial charge on any atom is 0.0410 e. The lowest BCUT2D eigenvalue weighted by atomic mass is 9.83. The number of hydrogen-bond donors (Lipinski definition) is 1. The summed E-state index contributed by atoms with van der Waals surface area (Å²) in [5.74, 6) is 0.757. The van der Waals surface area contributed by atoms with Crippen LogP contribution >= 0.6 is 15.9 Å². The molecule has 3 heteroatoms.